The molecule has 1 aromatic rings. The van der Waals surface area contributed by atoms with Crippen LogP contribution in [-0.4, -0.2) is 21.9 Å². The van der Waals surface area contributed by atoms with Gasteiger partial charge >= 0.3 is 0 Å². The van der Waals surface area contributed by atoms with E-state index in [0.29, 0.717) is 12.6 Å². The third-order valence-corrected chi connectivity index (χ3v) is 3.95. The second-order valence-electron chi connectivity index (χ2n) is 3.34. The van der Waals surface area contributed by atoms with Gasteiger partial charge in [0, 0.05) is 22.9 Å². The lowest BCUT2D eigenvalue weighted by Crippen LogP contribution is -2.23. The van der Waals surface area contributed by atoms with Crippen LogP contribution in [0.3, 0.4) is 0 Å². The number of thiazole rings is 1. The summed E-state index contributed by atoms with van der Waals surface area (Å²) in [5.74, 6) is 1.12. The van der Waals surface area contributed by atoms with Crippen LogP contribution in [0, 0.1) is 6.92 Å². The molecule has 76 valence electrons. The summed E-state index contributed by atoms with van der Waals surface area (Å²) in [5.41, 5.74) is 0. The summed E-state index contributed by atoms with van der Waals surface area (Å²) >= 11 is 3.51. The molecular formula is C9H13N3S2. The second kappa shape index (κ2) is 4.31. The van der Waals surface area contributed by atoms with Gasteiger partial charge in [0.05, 0.1) is 6.54 Å². The van der Waals surface area contributed by atoms with E-state index in [-0.39, 0.29) is 0 Å². The molecule has 1 fully saturated rings. The van der Waals surface area contributed by atoms with Gasteiger partial charge in [0.1, 0.15) is 5.01 Å². The normalized spacial score (nSPS) is 24.1. The number of aromatic nitrogens is 1. The van der Waals surface area contributed by atoms with Crippen molar-refractivity contribution in [1.29, 1.82) is 0 Å². The molecule has 1 N–H and O–H groups in total. The zero-order valence-corrected chi connectivity index (χ0v) is 9.91. The van der Waals surface area contributed by atoms with E-state index in [9.17, 15) is 0 Å². The van der Waals surface area contributed by atoms with Crippen molar-refractivity contribution in [3.8, 4) is 0 Å². The first-order valence-electron chi connectivity index (χ1n) is 4.59. The van der Waals surface area contributed by atoms with Gasteiger partial charge in [-0.05, 0) is 13.8 Å². The van der Waals surface area contributed by atoms with E-state index in [4.69, 9.17) is 0 Å². The van der Waals surface area contributed by atoms with E-state index >= 15 is 0 Å². The maximum Gasteiger partial charge on any atom is 0.157 e. The molecule has 0 aliphatic carbocycles. The molecule has 1 saturated heterocycles. The smallest absolute Gasteiger partial charge is 0.157 e. The number of nitrogens with zero attached hydrogens (tertiary/aromatic N) is 2. The predicted molar refractivity (Wildman–Crippen MR) is 63.0 cm³/mol. The second-order valence-corrected chi connectivity index (χ2v) is 5.67. The maximum atomic E-state index is 4.47. The predicted octanol–water partition coefficient (Wildman–Crippen LogP) is 2.03. The largest absolute Gasteiger partial charge is 0.362 e. The highest BCUT2D eigenvalue weighted by molar-refractivity contribution is 8.14. The summed E-state index contributed by atoms with van der Waals surface area (Å²) in [4.78, 5) is 9.99. The molecule has 0 amide bonds. The molecule has 0 bridgehead atoms. The Kier molecular flexibility index (Phi) is 3.08. The van der Waals surface area contributed by atoms with Gasteiger partial charge in [-0.15, -0.1) is 11.3 Å². The molecule has 0 radical (unpaired) electrons. The SMILES string of the molecule is Cc1cnc(CN=C2NC(C)CS2)s1. The van der Waals surface area contributed by atoms with Crippen molar-refractivity contribution >= 4 is 28.3 Å². The number of aryl methyl sites for hydroxylation is 1. The molecule has 2 heterocycles. The third-order valence-electron chi connectivity index (χ3n) is 1.87. The zero-order chi connectivity index (χ0) is 9.97. The first kappa shape index (κ1) is 9.98. The molecular weight excluding hydrogens is 214 g/mol. The molecule has 1 unspecified atom stereocenters. The summed E-state index contributed by atoms with van der Waals surface area (Å²) in [7, 11) is 0. The zero-order valence-electron chi connectivity index (χ0n) is 8.28. The van der Waals surface area contributed by atoms with Gasteiger partial charge in [0.25, 0.3) is 0 Å². The highest BCUT2D eigenvalue weighted by Gasteiger charge is 2.14. The van der Waals surface area contributed by atoms with Crippen molar-refractivity contribution < 1.29 is 0 Å². The van der Waals surface area contributed by atoms with Crippen molar-refractivity contribution in [2.24, 2.45) is 4.99 Å². The first-order valence-corrected chi connectivity index (χ1v) is 6.39. The van der Waals surface area contributed by atoms with Crippen LogP contribution in [0.25, 0.3) is 0 Å². The van der Waals surface area contributed by atoms with Crippen LogP contribution >= 0.6 is 23.1 Å². The van der Waals surface area contributed by atoms with Crippen LogP contribution < -0.4 is 5.32 Å². The lowest BCUT2D eigenvalue weighted by molar-refractivity contribution is 0.764. The first-order chi connectivity index (χ1) is 6.74. The summed E-state index contributed by atoms with van der Waals surface area (Å²) in [6.07, 6.45) is 1.90. The maximum absolute atomic E-state index is 4.47. The fraction of sp³-hybridized carbons (Fsp3) is 0.556. The fourth-order valence-electron chi connectivity index (χ4n) is 1.20. The number of hydrogen-bond acceptors (Lipinski definition) is 4. The van der Waals surface area contributed by atoms with E-state index in [0.717, 1.165) is 15.9 Å². The van der Waals surface area contributed by atoms with Gasteiger partial charge in [0.2, 0.25) is 0 Å². The van der Waals surface area contributed by atoms with Gasteiger partial charge < -0.3 is 5.32 Å². The van der Waals surface area contributed by atoms with Crippen LogP contribution in [0.1, 0.15) is 16.8 Å². The summed E-state index contributed by atoms with van der Waals surface area (Å²) in [6, 6.07) is 0.553. The van der Waals surface area contributed by atoms with Crippen LogP contribution in [-0.2, 0) is 6.54 Å². The Balaban J connectivity index is 1.93. The molecule has 14 heavy (non-hydrogen) atoms. The van der Waals surface area contributed by atoms with Crippen molar-refractivity contribution in [2.75, 3.05) is 5.75 Å². The Morgan fingerprint density at radius 3 is 3.14 bits per heavy atom. The monoisotopic (exact) mass is 227 g/mol. The Hall–Kier alpha value is -0.550. The molecule has 0 spiro atoms. The van der Waals surface area contributed by atoms with E-state index in [1.807, 2.05) is 6.20 Å². The molecule has 1 aromatic heterocycles. The van der Waals surface area contributed by atoms with Crippen molar-refractivity contribution in [3.05, 3.63) is 16.1 Å². The average molecular weight is 227 g/mol. The Labute approximate surface area is 92.0 Å². The molecule has 1 aliphatic rings. The highest BCUT2D eigenvalue weighted by Crippen LogP contribution is 2.16. The van der Waals surface area contributed by atoms with Gasteiger partial charge in [-0.25, -0.2) is 4.98 Å². The molecule has 2 rings (SSSR count). The van der Waals surface area contributed by atoms with E-state index in [1.54, 1.807) is 23.1 Å². The van der Waals surface area contributed by atoms with Gasteiger partial charge in [-0.1, -0.05) is 11.8 Å². The van der Waals surface area contributed by atoms with E-state index in [1.165, 1.54) is 4.88 Å². The Morgan fingerprint density at radius 1 is 1.71 bits per heavy atom. The minimum absolute atomic E-state index is 0.553. The van der Waals surface area contributed by atoms with Crippen LogP contribution in [0.2, 0.25) is 0 Å². The molecule has 1 atom stereocenters. The highest BCUT2D eigenvalue weighted by atomic mass is 32.2. The van der Waals surface area contributed by atoms with E-state index < -0.39 is 0 Å². The molecule has 5 heteroatoms. The number of nitrogens with one attached hydrogen (secondary N) is 1. The minimum atomic E-state index is 0.553. The summed E-state index contributed by atoms with van der Waals surface area (Å²) < 4.78 is 0. The number of thioether (sulfide) groups is 1. The summed E-state index contributed by atoms with van der Waals surface area (Å²) in [6.45, 7) is 4.95. The lowest BCUT2D eigenvalue weighted by Gasteiger charge is -1.99. The van der Waals surface area contributed by atoms with Gasteiger partial charge in [-0.2, -0.15) is 0 Å². The Bertz CT molecular complexity index is 346. The number of amidine groups is 1. The minimum Gasteiger partial charge on any atom is -0.362 e. The summed E-state index contributed by atoms with van der Waals surface area (Å²) in [5, 5.41) is 5.48. The van der Waals surface area contributed by atoms with Crippen molar-refractivity contribution in [2.45, 2.75) is 26.4 Å². The molecule has 0 aromatic carbocycles. The quantitative estimate of drug-likeness (QED) is 0.840. The van der Waals surface area contributed by atoms with Gasteiger partial charge in [0.15, 0.2) is 5.17 Å². The van der Waals surface area contributed by atoms with Crippen molar-refractivity contribution in [3.63, 3.8) is 0 Å². The molecule has 3 nitrogen and oxygen atoms in total. The van der Waals surface area contributed by atoms with Crippen LogP contribution in [0.15, 0.2) is 11.2 Å². The van der Waals surface area contributed by atoms with Gasteiger partial charge in [-0.3, -0.25) is 4.99 Å². The number of rotatable bonds is 2. The van der Waals surface area contributed by atoms with E-state index in [2.05, 4.69) is 29.1 Å². The lowest BCUT2D eigenvalue weighted by atomic mass is 10.4. The topological polar surface area (TPSA) is 37.3 Å². The molecule has 0 saturated carbocycles. The average Bonchev–Trinajstić information content (AvgIpc) is 2.72. The standard InChI is InChI=1S/C9H13N3S2/c1-6-5-13-9(12-6)11-4-8-10-3-7(2)14-8/h3,6H,4-5H2,1-2H3,(H,11,12). The number of hydrogen-bond donors (Lipinski definition) is 1. The van der Waals surface area contributed by atoms with Crippen molar-refractivity contribution in [1.82, 2.24) is 10.3 Å². The molecule has 1 aliphatic heterocycles. The fourth-order valence-corrected chi connectivity index (χ4v) is 2.85. The Morgan fingerprint density at radius 2 is 2.57 bits per heavy atom. The third kappa shape index (κ3) is 2.48. The van der Waals surface area contributed by atoms with Crippen LogP contribution in [0.4, 0.5) is 0 Å². The van der Waals surface area contributed by atoms with Crippen LogP contribution in [0.5, 0.6) is 0 Å². The number of aliphatic imine (C=N–C) groups is 1.